The zero-order chi connectivity index (χ0) is 19.8. The van der Waals surface area contributed by atoms with Crippen LogP contribution in [0.25, 0.3) is 0 Å². The number of carbonyl (C=O) groups excluding carboxylic acids is 1. The number of anilines is 1. The normalized spacial score (nSPS) is 18.6. The number of hydrogen-bond acceptors (Lipinski definition) is 6. The molecule has 0 bridgehead atoms. The van der Waals surface area contributed by atoms with Crippen molar-refractivity contribution < 1.29 is 4.79 Å². The fourth-order valence-corrected chi connectivity index (χ4v) is 4.49. The molecule has 0 atom stereocenters. The standard InChI is InChI=1S/C19H33N7OS/c1-3-16-23-19(28-24-16)26-13-11-25(12-14-26)18(20-4-2)21-10-9-17(27)22-15-7-5-6-8-15/h15H,3-14H2,1-2H3,(H,20,21)(H,22,27). The summed E-state index contributed by atoms with van der Waals surface area (Å²) < 4.78 is 4.39. The van der Waals surface area contributed by atoms with E-state index in [4.69, 9.17) is 4.99 Å². The highest BCUT2D eigenvalue weighted by Crippen LogP contribution is 2.19. The van der Waals surface area contributed by atoms with Gasteiger partial charge in [0.2, 0.25) is 11.0 Å². The Bertz CT molecular complexity index is 648. The van der Waals surface area contributed by atoms with Gasteiger partial charge in [0, 0.05) is 63.1 Å². The lowest BCUT2D eigenvalue weighted by molar-refractivity contribution is -0.121. The van der Waals surface area contributed by atoms with Gasteiger partial charge in [0.1, 0.15) is 5.82 Å². The molecule has 3 rings (SSSR count). The van der Waals surface area contributed by atoms with Crippen LogP contribution in [0.3, 0.4) is 0 Å². The molecule has 1 aromatic heterocycles. The van der Waals surface area contributed by atoms with Crippen LogP contribution in [0.2, 0.25) is 0 Å². The van der Waals surface area contributed by atoms with E-state index in [2.05, 4.69) is 43.6 Å². The highest BCUT2D eigenvalue weighted by Gasteiger charge is 2.22. The zero-order valence-corrected chi connectivity index (χ0v) is 17.9. The number of guanidine groups is 1. The Morgan fingerprint density at radius 3 is 2.61 bits per heavy atom. The average molecular weight is 408 g/mol. The molecule has 9 heteroatoms. The minimum Gasteiger partial charge on any atom is -0.357 e. The predicted molar refractivity (Wildman–Crippen MR) is 114 cm³/mol. The topological polar surface area (TPSA) is 85.8 Å². The fourth-order valence-electron chi connectivity index (χ4n) is 3.69. The van der Waals surface area contributed by atoms with E-state index < -0.39 is 0 Å². The fraction of sp³-hybridized carbons (Fsp3) is 0.789. The summed E-state index contributed by atoms with van der Waals surface area (Å²) in [6.45, 7) is 9.10. The lowest BCUT2D eigenvalue weighted by Crippen LogP contribution is -2.52. The van der Waals surface area contributed by atoms with Gasteiger partial charge in [-0.05, 0) is 19.8 Å². The first-order valence-electron chi connectivity index (χ1n) is 10.6. The van der Waals surface area contributed by atoms with Crippen LogP contribution in [0, 0.1) is 0 Å². The van der Waals surface area contributed by atoms with Crippen LogP contribution in [0.15, 0.2) is 4.99 Å². The minimum atomic E-state index is 0.124. The number of amides is 1. The van der Waals surface area contributed by atoms with Gasteiger partial charge in [-0.3, -0.25) is 9.79 Å². The predicted octanol–water partition coefficient (Wildman–Crippen LogP) is 1.64. The molecule has 1 saturated carbocycles. The zero-order valence-electron chi connectivity index (χ0n) is 17.1. The third-order valence-corrected chi connectivity index (χ3v) is 6.09. The molecule has 1 aliphatic carbocycles. The van der Waals surface area contributed by atoms with Gasteiger partial charge in [0.25, 0.3) is 0 Å². The van der Waals surface area contributed by atoms with Crippen molar-refractivity contribution in [3.63, 3.8) is 0 Å². The second-order valence-corrected chi connectivity index (χ2v) is 8.09. The molecule has 156 valence electrons. The van der Waals surface area contributed by atoms with Gasteiger partial charge in [0.15, 0.2) is 5.96 Å². The second kappa shape index (κ2) is 10.6. The van der Waals surface area contributed by atoms with E-state index >= 15 is 0 Å². The van der Waals surface area contributed by atoms with E-state index in [9.17, 15) is 4.79 Å². The maximum Gasteiger partial charge on any atom is 0.222 e. The molecule has 28 heavy (non-hydrogen) atoms. The van der Waals surface area contributed by atoms with Crippen molar-refractivity contribution in [2.75, 3.05) is 44.2 Å². The number of nitrogens with zero attached hydrogens (tertiary/aromatic N) is 5. The molecule has 2 heterocycles. The van der Waals surface area contributed by atoms with Crippen molar-refractivity contribution in [3.8, 4) is 0 Å². The number of nitrogens with one attached hydrogen (secondary N) is 2. The molecule has 0 aromatic carbocycles. The van der Waals surface area contributed by atoms with Crippen molar-refractivity contribution in [1.82, 2.24) is 24.9 Å². The summed E-state index contributed by atoms with van der Waals surface area (Å²) in [5, 5.41) is 7.52. The summed E-state index contributed by atoms with van der Waals surface area (Å²) in [7, 11) is 0. The Morgan fingerprint density at radius 1 is 1.21 bits per heavy atom. The number of rotatable bonds is 7. The number of aromatic nitrogens is 2. The van der Waals surface area contributed by atoms with Crippen LogP contribution in [0.4, 0.5) is 5.13 Å². The van der Waals surface area contributed by atoms with Crippen molar-refractivity contribution in [2.45, 2.75) is 58.4 Å². The van der Waals surface area contributed by atoms with Crippen LogP contribution in [-0.4, -0.2) is 71.4 Å². The molecule has 1 aliphatic heterocycles. The number of piperazine rings is 1. The van der Waals surface area contributed by atoms with E-state index in [-0.39, 0.29) is 5.91 Å². The molecule has 2 aliphatic rings. The van der Waals surface area contributed by atoms with Crippen LogP contribution < -0.4 is 15.5 Å². The monoisotopic (exact) mass is 407 g/mol. The molecular weight excluding hydrogens is 374 g/mol. The van der Waals surface area contributed by atoms with Gasteiger partial charge >= 0.3 is 0 Å². The largest absolute Gasteiger partial charge is 0.357 e. The SMILES string of the molecule is CCNC(=NCCC(=O)NC1CCCC1)N1CCN(c2nc(CC)ns2)CC1. The third-order valence-electron chi connectivity index (χ3n) is 5.28. The van der Waals surface area contributed by atoms with Crippen molar-refractivity contribution in [2.24, 2.45) is 4.99 Å². The van der Waals surface area contributed by atoms with Crippen LogP contribution >= 0.6 is 11.5 Å². The molecular formula is C19H33N7OS. The quantitative estimate of drug-likeness (QED) is 0.528. The van der Waals surface area contributed by atoms with Crippen molar-refractivity contribution in [1.29, 1.82) is 0 Å². The summed E-state index contributed by atoms with van der Waals surface area (Å²) in [5.74, 6) is 1.95. The molecule has 0 unspecified atom stereocenters. The maximum absolute atomic E-state index is 12.1. The van der Waals surface area contributed by atoms with E-state index in [1.54, 1.807) is 0 Å². The molecule has 1 saturated heterocycles. The van der Waals surface area contributed by atoms with Gasteiger partial charge < -0.3 is 20.4 Å². The van der Waals surface area contributed by atoms with Gasteiger partial charge in [0.05, 0.1) is 6.54 Å². The Balaban J connectivity index is 1.46. The second-order valence-electron chi connectivity index (χ2n) is 7.36. The summed E-state index contributed by atoms with van der Waals surface area (Å²) in [4.78, 5) is 26.0. The van der Waals surface area contributed by atoms with Crippen LogP contribution in [-0.2, 0) is 11.2 Å². The van der Waals surface area contributed by atoms with Gasteiger partial charge in [-0.15, -0.1) is 0 Å². The minimum absolute atomic E-state index is 0.124. The first kappa shape index (κ1) is 20.8. The molecule has 8 nitrogen and oxygen atoms in total. The Kier molecular flexibility index (Phi) is 7.88. The average Bonchev–Trinajstić information content (AvgIpc) is 3.39. The van der Waals surface area contributed by atoms with Crippen LogP contribution in [0.1, 0.15) is 51.8 Å². The summed E-state index contributed by atoms with van der Waals surface area (Å²) >= 11 is 1.49. The highest BCUT2D eigenvalue weighted by atomic mass is 32.1. The summed E-state index contributed by atoms with van der Waals surface area (Å²) in [6.07, 6.45) is 6.04. The van der Waals surface area contributed by atoms with Gasteiger partial charge in [-0.25, -0.2) is 4.98 Å². The summed E-state index contributed by atoms with van der Waals surface area (Å²) in [5.41, 5.74) is 0. The van der Waals surface area contributed by atoms with Crippen molar-refractivity contribution >= 4 is 28.5 Å². The first-order valence-corrected chi connectivity index (χ1v) is 11.4. The number of carbonyl (C=O) groups is 1. The molecule has 0 spiro atoms. The van der Waals surface area contributed by atoms with E-state index in [0.717, 1.165) is 68.9 Å². The highest BCUT2D eigenvalue weighted by molar-refractivity contribution is 7.09. The lowest BCUT2D eigenvalue weighted by atomic mass is 10.2. The number of aliphatic imine (C=N–C) groups is 1. The number of aryl methyl sites for hydroxylation is 1. The van der Waals surface area contributed by atoms with Crippen molar-refractivity contribution in [3.05, 3.63) is 5.82 Å². The number of hydrogen-bond donors (Lipinski definition) is 2. The van der Waals surface area contributed by atoms with Crippen LogP contribution in [0.5, 0.6) is 0 Å². The van der Waals surface area contributed by atoms with E-state index in [0.29, 0.717) is 19.0 Å². The first-order chi connectivity index (χ1) is 13.7. The Morgan fingerprint density at radius 2 is 1.96 bits per heavy atom. The summed E-state index contributed by atoms with van der Waals surface area (Å²) in [6, 6.07) is 0.381. The lowest BCUT2D eigenvalue weighted by Gasteiger charge is -2.36. The van der Waals surface area contributed by atoms with E-state index in [1.165, 1.54) is 24.4 Å². The third kappa shape index (κ3) is 5.80. The molecule has 1 amide bonds. The molecule has 2 fully saturated rings. The maximum atomic E-state index is 12.1. The molecule has 1 aromatic rings. The Hall–Kier alpha value is -1.90. The van der Waals surface area contributed by atoms with E-state index in [1.807, 2.05) is 0 Å². The molecule has 2 N–H and O–H groups in total. The van der Waals surface area contributed by atoms with Gasteiger partial charge in [-0.2, -0.15) is 4.37 Å². The smallest absolute Gasteiger partial charge is 0.222 e. The van der Waals surface area contributed by atoms with Gasteiger partial charge in [-0.1, -0.05) is 19.8 Å². The molecule has 0 radical (unpaired) electrons. The Labute approximate surface area is 172 Å².